The fourth-order valence-corrected chi connectivity index (χ4v) is 5.08. The number of amides is 1. The van der Waals surface area contributed by atoms with Crippen LogP contribution in [0.2, 0.25) is 0 Å². The number of rotatable bonds is 7. The fraction of sp³-hybridized carbons (Fsp3) is 0.400. The van der Waals surface area contributed by atoms with Crippen molar-refractivity contribution in [2.24, 2.45) is 0 Å². The van der Waals surface area contributed by atoms with Crippen molar-refractivity contribution in [3.05, 3.63) is 35.4 Å². The van der Waals surface area contributed by atoms with E-state index in [1.54, 1.807) is 31.2 Å². The molecule has 9 heteroatoms. The monoisotopic (exact) mass is 417 g/mol. The molecule has 1 N–H and O–H groups in total. The molecule has 1 aliphatic rings. The van der Waals surface area contributed by atoms with E-state index in [-0.39, 0.29) is 18.3 Å². The quantitative estimate of drug-likeness (QED) is 0.405. The molecule has 130 valence electrons. The lowest BCUT2D eigenvalue weighted by Gasteiger charge is -2.42. The Morgan fingerprint density at radius 2 is 1.96 bits per heavy atom. The maximum atomic E-state index is 12.5. The van der Waals surface area contributed by atoms with Gasteiger partial charge in [-0.1, -0.05) is 28.1 Å². The molecule has 1 amide bonds. The molecular formula is C15H16BrNO6S. The number of alkyl halides is 1. The van der Waals surface area contributed by atoms with Crippen molar-refractivity contribution in [1.29, 1.82) is 0 Å². The van der Waals surface area contributed by atoms with Gasteiger partial charge in [-0.15, -0.1) is 0 Å². The Morgan fingerprint density at radius 3 is 2.50 bits per heavy atom. The molecule has 3 unspecified atom stereocenters. The van der Waals surface area contributed by atoms with Gasteiger partial charge < -0.3 is 14.7 Å². The Labute approximate surface area is 149 Å². The first-order chi connectivity index (χ1) is 11.3. The summed E-state index contributed by atoms with van der Waals surface area (Å²) in [6.07, 6.45) is 0. The third kappa shape index (κ3) is 4.02. The lowest BCUT2D eigenvalue weighted by Crippen LogP contribution is -2.65. The Bertz CT molecular complexity index is 677. The second-order valence-corrected chi connectivity index (χ2v) is 7.61. The molecule has 1 heterocycles. The van der Waals surface area contributed by atoms with Crippen LogP contribution in [0.15, 0.2) is 24.3 Å². The Hall–Kier alpha value is -1.74. The fourth-order valence-electron chi connectivity index (χ4n) is 2.27. The van der Waals surface area contributed by atoms with Crippen LogP contribution in [-0.2, 0) is 30.9 Å². The van der Waals surface area contributed by atoms with Crippen molar-refractivity contribution in [2.45, 2.75) is 22.9 Å². The minimum atomic E-state index is -1.47. The van der Waals surface area contributed by atoms with Crippen molar-refractivity contribution in [2.75, 3.05) is 13.2 Å². The maximum Gasteiger partial charge on any atom is 0.338 e. The molecule has 7 nitrogen and oxygen atoms in total. The first-order valence-corrected chi connectivity index (χ1v) is 9.44. The molecule has 0 spiro atoms. The normalized spacial score (nSPS) is 21.1. The van der Waals surface area contributed by atoms with Crippen LogP contribution in [0.5, 0.6) is 0 Å². The van der Waals surface area contributed by atoms with E-state index in [0.717, 1.165) is 10.5 Å². The van der Waals surface area contributed by atoms with Gasteiger partial charge in [0.25, 0.3) is 0 Å². The number of carboxylic acids is 1. The number of halogens is 1. The summed E-state index contributed by atoms with van der Waals surface area (Å²) in [4.78, 5) is 34.5. The third-order valence-corrected chi connectivity index (χ3v) is 6.35. The highest BCUT2D eigenvalue weighted by atomic mass is 79.9. The Balaban J connectivity index is 2.02. The van der Waals surface area contributed by atoms with Gasteiger partial charge >= 0.3 is 11.9 Å². The molecule has 0 aliphatic carbocycles. The second kappa shape index (κ2) is 7.89. The summed E-state index contributed by atoms with van der Waals surface area (Å²) >= 11 is 3.15. The predicted molar refractivity (Wildman–Crippen MR) is 90.1 cm³/mol. The molecule has 1 aromatic rings. The largest absolute Gasteiger partial charge is 0.480 e. The highest BCUT2D eigenvalue weighted by Crippen LogP contribution is 2.30. The van der Waals surface area contributed by atoms with E-state index in [1.807, 2.05) is 0 Å². The summed E-state index contributed by atoms with van der Waals surface area (Å²) in [6.45, 7) is 1.53. The molecule has 1 aliphatic heterocycles. The summed E-state index contributed by atoms with van der Waals surface area (Å²) in [7, 11) is -1.47. The number of hydrogen-bond acceptors (Lipinski definition) is 5. The molecule has 3 atom stereocenters. The van der Waals surface area contributed by atoms with Gasteiger partial charge in [-0.3, -0.25) is 13.8 Å². The van der Waals surface area contributed by atoms with E-state index >= 15 is 0 Å². The van der Waals surface area contributed by atoms with Crippen LogP contribution in [0.1, 0.15) is 22.8 Å². The number of carboxylic acid groups (broad SMARTS) is 1. The standard InChI is InChI=1S/C15H16BrNO6S/c1-2-23-15(21)10-5-3-9(4-6-10)8-24(22)14-12(16)13(20)17(14)7-11(18)19/h3-6,12,14H,2,7-8H2,1H3,(H,18,19). The maximum absolute atomic E-state index is 12.5. The molecule has 1 fully saturated rings. The van der Waals surface area contributed by atoms with Crippen LogP contribution < -0.4 is 0 Å². The minimum Gasteiger partial charge on any atom is -0.480 e. The average molecular weight is 418 g/mol. The highest BCUT2D eigenvalue weighted by molar-refractivity contribution is 9.10. The number of carbonyl (C=O) groups excluding carboxylic acids is 2. The van der Waals surface area contributed by atoms with Gasteiger partial charge in [-0.2, -0.15) is 0 Å². The van der Waals surface area contributed by atoms with Crippen molar-refractivity contribution in [3.63, 3.8) is 0 Å². The number of hydrogen-bond donors (Lipinski definition) is 1. The number of esters is 1. The molecule has 0 saturated carbocycles. The van der Waals surface area contributed by atoms with Crippen molar-refractivity contribution < 1.29 is 28.4 Å². The number of nitrogens with zero attached hydrogens (tertiary/aromatic N) is 1. The van der Waals surface area contributed by atoms with Gasteiger partial charge in [0.2, 0.25) is 5.91 Å². The Morgan fingerprint density at radius 1 is 1.33 bits per heavy atom. The molecule has 1 saturated heterocycles. The number of carbonyl (C=O) groups is 3. The number of ether oxygens (including phenoxy) is 1. The number of aliphatic carboxylic acids is 1. The average Bonchev–Trinajstić information content (AvgIpc) is 2.54. The topological polar surface area (TPSA) is 101 Å². The first kappa shape index (κ1) is 18.6. The van der Waals surface area contributed by atoms with Crippen LogP contribution in [-0.4, -0.2) is 55.4 Å². The van der Waals surface area contributed by atoms with Crippen molar-refractivity contribution in [1.82, 2.24) is 4.90 Å². The SMILES string of the molecule is CCOC(=O)c1ccc(CS(=O)C2C(Br)C(=O)N2CC(=O)O)cc1. The van der Waals surface area contributed by atoms with Gasteiger partial charge in [0.1, 0.15) is 16.7 Å². The molecule has 0 aromatic heterocycles. The van der Waals surface area contributed by atoms with Gasteiger partial charge in [0.05, 0.1) is 28.7 Å². The van der Waals surface area contributed by atoms with Crippen LogP contribution in [0, 0.1) is 0 Å². The van der Waals surface area contributed by atoms with Gasteiger partial charge in [-0.25, -0.2) is 4.79 Å². The van der Waals surface area contributed by atoms with Crippen LogP contribution in [0.4, 0.5) is 0 Å². The molecule has 1 aromatic carbocycles. The van der Waals surface area contributed by atoms with E-state index in [4.69, 9.17) is 9.84 Å². The lowest BCUT2D eigenvalue weighted by molar-refractivity contribution is -0.150. The molecule has 2 rings (SSSR count). The molecular weight excluding hydrogens is 402 g/mol. The predicted octanol–water partition coefficient (Wildman–Crippen LogP) is 1.13. The lowest BCUT2D eigenvalue weighted by atomic mass is 10.1. The molecule has 0 bridgehead atoms. The van der Waals surface area contributed by atoms with Crippen LogP contribution >= 0.6 is 15.9 Å². The van der Waals surface area contributed by atoms with Crippen LogP contribution in [0.3, 0.4) is 0 Å². The first-order valence-electron chi connectivity index (χ1n) is 7.14. The summed E-state index contributed by atoms with van der Waals surface area (Å²) in [5.74, 6) is -1.81. The number of β-lactam (4-membered cyclic amide) rings is 1. The van der Waals surface area contributed by atoms with E-state index in [0.29, 0.717) is 5.56 Å². The molecule has 24 heavy (non-hydrogen) atoms. The van der Waals surface area contributed by atoms with Crippen molar-refractivity contribution >= 4 is 44.6 Å². The van der Waals surface area contributed by atoms with Gasteiger partial charge in [0.15, 0.2) is 0 Å². The summed E-state index contributed by atoms with van der Waals surface area (Å²) < 4.78 is 17.4. The summed E-state index contributed by atoms with van der Waals surface area (Å²) in [5.41, 5.74) is 1.12. The zero-order chi connectivity index (χ0) is 17.9. The van der Waals surface area contributed by atoms with Gasteiger partial charge in [-0.05, 0) is 24.6 Å². The number of benzene rings is 1. The van der Waals surface area contributed by atoms with E-state index < -0.39 is 39.5 Å². The highest BCUT2D eigenvalue weighted by Gasteiger charge is 2.49. The smallest absolute Gasteiger partial charge is 0.338 e. The summed E-state index contributed by atoms with van der Waals surface area (Å²) in [6, 6.07) is 6.49. The van der Waals surface area contributed by atoms with Crippen molar-refractivity contribution in [3.8, 4) is 0 Å². The second-order valence-electron chi connectivity index (χ2n) is 5.09. The van der Waals surface area contributed by atoms with E-state index in [9.17, 15) is 18.6 Å². The van der Waals surface area contributed by atoms with E-state index in [2.05, 4.69) is 15.9 Å². The summed E-state index contributed by atoms with van der Waals surface area (Å²) in [5, 5.41) is 8.13. The van der Waals surface area contributed by atoms with Crippen LogP contribution in [0.25, 0.3) is 0 Å². The van der Waals surface area contributed by atoms with Gasteiger partial charge in [0, 0.05) is 0 Å². The Kier molecular flexibility index (Phi) is 6.11. The minimum absolute atomic E-state index is 0.152. The van der Waals surface area contributed by atoms with E-state index in [1.165, 1.54) is 0 Å². The molecule has 0 radical (unpaired) electrons. The zero-order valence-corrected chi connectivity index (χ0v) is 15.2. The number of likely N-dealkylation sites (tertiary alicyclic amines) is 1. The third-order valence-electron chi connectivity index (χ3n) is 3.43. The zero-order valence-electron chi connectivity index (χ0n) is 12.8.